The van der Waals surface area contributed by atoms with Gasteiger partial charge in [-0.1, -0.05) is 0 Å². The molecule has 0 radical (unpaired) electrons. The molecule has 8 heteroatoms. The Hall–Kier alpha value is -2.12. The summed E-state index contributed by atoms with van der Waals surface area (Å²) < 4.78 is 4.00. The number of aryl methyl sites for hydroxylation is 1. The molecule has 0 spiro atoms. The average molecular weight is 327 g/mol. The van der Waals surface area contributed by atoms with Crippen LogP contribution in [0.15, 0.2) is 43.0 Å². The summed E-state index contributed by atoms with van der Waals surface area (Å²) in [5.41, 5.74) is 0.977. The molecule has 2 rings (SSSR count). The first-order valence-corrected chi connectivity index (χ1v) is 6.83. The smallest absolute Gasteiger partial charge is 0.269 e. The lowest BCUT2D eigenvalue weighted by molar-refractivity contribution is -0.696. The van der Waals surface area contributed by atoms with E-state index in [1.165, 1.54) is 12.1 Å². The minimum atomic E-state index is -0.405. The molecule has 0 atom stereocenters. The number of rotatable bonds is 8. The molecule has 0 amide bonds. The molecule has 7 nitrogen and oxygen atoms in total. The van der Waals surface area contributed by atoms with Crippen LogP contribution in [0, 0.1) is 10.1 Å². The molecular weight excluding hydrogens is 308 g/mol. The van der Waals surface area contributed by atoms with Crippen LogP contribution < -0.4 is 22.3 Å². The van der Waals surface area contributed by atoms with Gasteiger partial charge in [0.15, 0.2) is 0 Å². The van der Waals surface area contributed by atoms with Crippen LogP contribution in [-0.2, 0) is 13.1 Å². The van der Waals surface area contributed by atoms with Gasteiger partial charge in [-0.05, 0) is 12.1 Å². The fourth-order valence-corrected chi connectivity index (χ4v) is 2.01. The van der Waals surface area contributed by atoms with E-state index in [-0.39, 0.29) is 24.7 Å². The number of aromatic nitrogens is 2. The molecule has 1 aromatic carbocycles. The Morgan fingerprint density at radius 3 is 2.68 bits per heavy atom. The van der Waals surface area contributed by atoms with Gasteiger partial charge in [0.05, 0.1) is 18.1 Å². The van der Waals surface area contributed by atoms with Gasteiger partial charge in [-0.25, -0.2) is 9.13 Å². The van der Waals surface area contributed by atoms with E-state index in [1.807, 2.05) is 23.3 Å². The lowest BCUT2D eigenvalue weighted by Crippen LogP contribution is -3.00. The molecule has 0 bridgehead atoms. The van der Waals surface area contributed by atoms with Crippen LogP contribution in [0.4, 0.5) is 11.4 Å². The fourth-order valence-electron chi connectivity index (χ4n) is 2.01. The van der Waals surface area contributed by atoms with E-state index in [4.69, 9.17) is 5.11 Å². The van der Waals surface area contributed by atoms with E-state index >= 15 is 0 Å². The first-order chi connectivity index (χ1) is 10.2. The zero-order chi connectivity index (χ0) is 15.1. The number of nitrogens with one attached hydrogen (secondary N) is 1. The third-order valence-electron chi connectivity index (χ3n) is 3.10. The van der Waals surface area contributed by atoms with Crippen LogP contribution in [0.25, 0.3) is 0 Å². The van der Waals surface area contributed by atoms with Gasteiger partial charge in [0.1, 0.15) is 18.9 Å². The second-order valence-corrected chi connectivity index (χ2v) is 4.70. The van der Waals surface area contributed by atoms with Crippen LogP contribution in [0.5, 0.6) is 0 Å². The Morgan fingerprint density at radius 1 is 1.32 bits per heavy atom. The molecule has 2 aromatic rings. The predicted molar refractivity (Wildman–Crippen MR) is 77.9 cm³/mol. The second kappa shape index (κ2) is 9.01. The molecular formula is C14H19ClN4O3. The number of nitrogens with zero attached hydrogens (tertiary/aromatic N) is 3. The number of benzene rings is 1. The molecule has 2 N–H and O–H groups in total. The molecule has 0 aliphatic heterocycles. The van der Waals surface area contributed by atoms with Crippen molar-refractivity contribution >= 4 is 11.4 Å². The molecule has 0 fully saturated rings. The van der Waals surface area contributed by atoms with Crippen molar-refractivity contribution in [2.24, 2.45) is 0 Å². The Bertz CT molecular complexity index is 586. The molecule has 1 heterocycles. The molecule has 120 valence electrons. The number of hydrogen-bond acceptors (Lipinski definition) is 4. The number of nitro benzene ring substituents is 1. The SMILES string of the molecule is O=[N+]([O-])c1ccc(NCCC[n+]2ccn(CCO)c2)cc1.[Cl-]. The predicted octanol–water partition coefficient (Wildman–Crippen LogP) is -1.82. The van der Waals surface area contributed by atoms with E-state index in [0.717, 1.165) is 25.2 Å². The van der Waals surface area contributed by atoms with Gasteiger partial charge in [-0.15, -0.1) is 0 Å². The molecule has 1 aromatic heterocycles. The molecule has 0 saturated heterocycles. The van der Waals surface area contributed by atoms with Crippen molar-refractivity contribution in [2.45, 2.75) is 19.5 Å². The van der Waals surface area contributed by atoms with Gasteiger partial charge in [-0.2, -0.15) is 0 Å². The van der Waals surface area contributed by atoms with E-state index < -0.39 is 4.92 Å². The summed E-state index contributed by atoms with van der Waals surface area (Å²) in [7, 11) is 0. The highest BCUT2D eigenvalue weighted by Crippen LogP contribution is 2.15. The number of anilines is 1. The first-order valence-electron chi connectivity index (χ1n) is 6.83. The summed E-state index contributed by atoms with van der Waals surface area (Å²) in [6.07, 6.45) is 6.80. The number of aliphatic hydroxyl groups excluding tert-OH is 1. The van der Waals surface area contributed by atoms with Gasteiger partial charge in [0.25, 0.3) is 5.69 Å². The highest BCUT2D eigenvalue weighted by Gasteiger charge is 2.04. The lowest BCUT2D eigenvalue weighted by Gasteiger charge is -2.04. The summed E-state index contributed by atoms with van der Waals surface area (Å²) >= 11 is 0. The summed E-state index contributed by atoms with van der Waals surface area (Å²) in [6, 6.07) is 6.41. The van der Waals surface area contributed by atoms with Gasteiger partial charge in [0.2, 0.25) is 6.33 Å². The second-order valence-electron chi connectivity index (χ2n) is 4.70. The quantitative estimate of drug-likeness (QED) is 0.259. The van der Waals surface area contributed by atoms with Crippen molar-refractivity contribution in [2.75, 3.05) is 18.5 Å². The topological polar surface area (TPSA) is 84.2 Å². The minimum Gasteiger partial charge on any atom is -1.00 e. The molecule has 22 heavy (non-hydrogen) atoms. The monoisotopic (exact) mass is 326 g/mol. The number of hydrogen-bond donors (Lipinski definition) is 2. The van der Waals surface area contributed by atoms with Crippen molar-refractivity contribution in [3.05, 3.63) is 53.1 Å². The van der Waals surface area contributed by atoms with Crippen LogP contribution in [-0.4, -0.2) is 27.7 Å². The summed E-state index contributed by atoms with van der Waals surface area (Å²) in [5, 5.41) is 22.6. The Balaban J connectivity index is 0.00000242. The Kier molecular flexibility index (Phi) is 7.34. The van der Waals surface area contributed by atoms with Gasteiger partial charge in [0, 0.05) is 30.8 Å². The zero-order valence-electron chi connectivity index (χ0n) is 12.1. The van der Waals surface area contributed by atoms with Crippen molar-refractivity contribution in [3.8, 4) is 0 Å². The Morgan fingerprint density at radius 2 is 2.05 bits per heavy atom. The van der Waals surface area contributed by atoms with Gasteiger partial charge < -0.3 is 22.8 Å². The number of halogens is 1. The minimum absolute atomic E-state index is 0. The highest BCUT2D eigenvalue weighted by molar-refractivity contribution is 5.48. The summed E-state index contributed by atoms with van der Waals surface area (Å²) in [4.78, 5) is 10.1. The molecule has 0 saturated carbocycles. The van der Waals surface area contributed by atoms with E-state index in [1.54, 1.807) is 12.1 Å². The molecule has 0 aliphatic carbocycles. The largest absolute Gasteiger partial charge is 1.00 e. The summed E-state index contributed by atoms with van der Waals surface area (Å²) in [5.74, 6) is 0. The van der Waals surface area contributed by atoms with Crippen LogP contribution in [0.2, 0.25) is 0 Å². The third kappa shape index (κ3) is 5.34. The maximum Gasteiger partial charge on any atom is 0.269 e. The summed E-state index contributed by atoms with van der Waals surface area (Å²) in [6.45, 7) is 2.40. The van der Waals surface area contributed by atoms with Crippen LogP contribution >= 0.6 is 0 Å². The van der Waals surface area contributed by atoms with Crippen molar-refractivity contribution < 1.29 is 27.0 Å². The number of aliphatic hydroxyl groups is 1. The van der Waals surface area contributed by atoms with Crippen LogP contribution in [0.1, 0.15) is 6.42 Å². The Labute approximate surface area is 134 Å². The number of nitro groups is 1. The fraction of sp³-hybridized carbons (Fsp3) is 0.357. The van der Waals surface area contributed by atoms with Crippen LogP contribution in [0.3, 0.4) is 0 Å². The average Bonchev–Trinajstić information content (AvgIpc) is 2.92. The van der Waals surface area contributed by atoms with E-state index in [9.17, 15) is 10.1 Å². The highest BCUT2D eigenvalue weighted by atomic mass is 35.5. The van der Waals surface area contributed by atoms with Crippen molar-refractivity contribution in [1.29, 1.82) is 0 Å². The maximum atomic E-state index is 10.5. The number of non-ortho nitro benzene ring substituents is 1. The first kappa shape index (κ1) is 17.9. The van der Waals surface area contributed by atoms with E-state index in [2.05, 4.69) is 9.88 Å². The lowest BCUT2D eigenvalue weighted by atomic mass is 10.3. The molecule has 0 unspecified atom stereocenters. The third-order valence-corrected chi connectivity index (χ3v) is 3.10. The molecule has 0 aliphatic rings. The van der Waals surface area contributed by atoms with Gasteiger partial charge >= 0.3 is 0 Å². The standard InChI is InChI=1S/C14H19N4O3.ClH/c19-11-10-17-9-8-16(12-17)7-1-6-15-13-2-4-14(5-3-13)18(20)21;/h2-5,8-9,12,15,19H,1,6-7,10-11H2;1H/q+1;/p-1. The van der Waals surface area contributed by atoms with Crippen molar-refractivity contribution in [1.82, 2.24) is 4.57 Å². The van der Waals surface area contributed by atoms with Gasteiger partial charge in [-0.3, -0.25) is 10.1 Å². The normalized spacial score (nSPS) is 10.0. The maximum absolute atomic E-state index is 10.5. The van der Waals surface area contributed by atoms with E-state index in [0.29, 0.717) is 6.54 Å². The van der Waals surface area contributed by atoms with Crippen molar-refractivity contribution in [3.63, 3.8) is 0 Å². The number of imidazole rings is 1. The zero-order valence-corrected chi connectivity index (χ0v) is 12.8.